The molecule has 4 nitrogen and oxygen atoms in total. The molecular formula is C13H12BrF2NO3. The number of esters is 1. The summed E-state index contributed by atoms with van der Waals surface area (Å²) in [5, 5.41) is 2.23. The van der Waals surface area contributed by atoms with Gasteiger partial charge in [0, 0.05) is 10.5 Å². The van der Waals surface area contributed by atoms with Crippen molar-refractivity contribution in [1.29, 1.82) is 0 Å². The molecule has 0 heterocycles. The molecule has 1 saturated carbocycles. The van der Waals surface area contributed by atoms with E-state index in [-0.39, 0.29) is 22.0 Å². The van der Waals surface area contributed by atoms with E-state index < -0.39 is 30.1 Å². The maximum atomic E-state index is 13.5. The van der Waals surface area contributed by atoms with Crippen molar-refractivity contribution in [3.63, 3.8) is 0 Å². The highest BCUT2D eigenvalue weighted by atomic mass is 79.9. The van der Waals surface area contributed by atoms with Crippen LogP contribution in [-0.2, 0) is 14.3 Å². The van der Waals surface area contributed by atoms with Gasteiger partial charge < -0.3 is 10.1 Å². The molecule has 1 aromatic rings. The molecule has 0 saturated heterocycles. The molecule has 0 unspecified atom stereocenters. The van der Waals surface area contributed by atoms with Gasteiger partial charge >= 0.3 is 5.97 Å². The molecule has 0 spiro atoms. The molecule has 1 aliphatic carbocycles. The lowest BCUT2D eigenvalue weighted by atomic mass is 10.3. The third-order valence-electron chi connectivity index (χ3n) is 3.03. The molecule has 1 aromatic carbocycles. The molecule has 0 radical (unpaired) electrons. The van der Waals surface area contributed by atoms with Crippen LogP contribution in [0.25, 0.3) is 0 Å². The van der Waals surface area contributed by atoms with Crippen LogP contribution in [-0.4, -0.2) is 18.5 Å². The Hall–Kier alpha value is -1.50. The number of anilines is 1. The van der Waals surface area contributed by atoms with Crippen LogP contribution in [0.15, 0.2) is 16.6 Å². The normalized spacial score (nSPS) is 20.4. The Morgan fingerprint density at radius 1 is 1.45 bits per heavy atom. The van der Waals surface area contributed by atoms with E-state index >= 15 is 0 Å². The van der Waals surface area contributed by atoms with E-state index in [1.54, 1.807) is 0 Å². The van der Waals surface area contributed by atoms with Crippen LogP contribution in [0, 0.1) is 23.5 Å². The number of rotatable bonds is 4. The maximum Gasteiger partial charge on any atom is 0.309 e. The second kappa shape index (κ2) is 5.87. The molecule has 2 rings (SSSR count). The van der Waals surface area contributed by atoms with Crippen molar-refractivity contribution in [3.8, 4) is 0 Å². The highest BCUT2D eigenvalue weighted by Gasteiger charge is 2.40. The Kier molecular flexibility index (Phi) is 4.37. The Morgan fingerprint density at radius 2 is 2.10 bits per heavy atom. The van der Waals surface area contributed by atoms with Crippen LogP contribution in [0.1, 0.15) is 13.3 Å². The number of halogens is 3. The summed E-state index contributed by atoms with van der Waals surface area (Å²) in [6.45, 7) is 1.42. The lowest BCUT2D eigenvalue weighted by Gasteiger charge is -2.09. The fraction of sp³-hybridized carbons (Fsp3) is 0.385. The molecule has 0 bridgehead atoms. The van der Waals surface area contributed by atoms with Crippen molar-refractivity contribution in [2.75, 3.05) is 11.9 Å². The summed E-state index contributed by atoms with van der Waals surface area (Å²) in [4.78, 5) is 23.0. The number of nitrogens with one attached hydrogen (secondary N) is 1. The predicted octanol–water partition coefficient (Wildman–Crippen LogP) is 2.87. The minimum Gasteiger partial charge on any atom is -0.455 e. The molecule has 0 aromatic heterocycles. The van der Waals surface area contributed by atoms with Gasteiger partial charge in [-0.1, -0.05) is 6.92 Å². The predicted molar refractivity (Wildman–Crippen MR) is 70.9 cm³/mol. The van der Waals surface area contributed by atoms with Crippen LogP contribution in [0.2, 0.25) is 0 Å². The third-order valence-corrected chi connectivity index (χ3v) is 3.65. The first kappa shape index (κ1) is 14.9. The van der Waals surface area contributed by atoms with Crippen molar-refractivity contribution in [1.82, 2.24) is 0 Å². The molecule has 1 fully saturated rings. The first-order valence-electron chi connectivity index (χ1n) is 5.99. The molecule has 108 valence electrons. The van der Waals surface area contributed by atoms with Gasteiger partial charge in [-0.05, 0) is 34.3 Å². The Labute approximate surface area is 122 Å². The highest BCUT2D eigenvalue weighted by Crippen LogP contribution is 2.38. The van der Waals surface area contributed by atoms with Crippen molar-refractivity contribution >= 4 is 33.5 Å². The van der Waals surface area contributed by atoms with Gasteiger partial charge in [0.25, 0.3) is 5.91 Å². The lowest BCUT2D eigenvalue weighted by Crippen LogP contribution is -2.22. The molecule has 0 aliphatic heterocycles. The second-order valence-electron chi connectivity index (χ2n) is 4.72. The van der Waals surface area contributed by atoms with E-state index in [0.717, 1.165) is 12.5 Å². The largest absolute Gasteiger partial charge is 0.455 e. The summed E-state index contributed by atoms with van der Waals surface area (Å²) in [6, 6.07) is 1.68. The van der Waals surface area contributed by atoms with E-state index in [1.807, 2.05) is 6.92 Å². The van der Waals surface area contributed by atoms with Crippen LogP contribution < -0.4 is 5.32 Å². The number of ether oxygens (including phenoxy) is 1. The van der Waals surface area contributed by atoms with Crippen molar-refractivity contribution in [2.24, 2.45) is 11.8 Å². The summed E-state index contributed by atoms with van der Waals surface area (Å²) < 4.78 is 31.2. The standard InChI is InChI=1S/C13H12BrF2NO3/c1-6-2-8(6)13(19)20-5-11(18)17-12-9(14)3-7(15)4-10(12)16/h3-4,6,8H,2,5H2,1H3,(H,17,18)/t6-,8+/m1/s1. The number of amides is 1. The van der Waals surface area contributed by atoms with Gasteiger partial charge in [0.1, 0.15) is 5.82 Å². The smallest absolute Gasteiger partial charge is 0.309 e. The van der Waals surface area contributed by atoms with E-state index in [2.05, 4.69) is 21.2 Å². The summed E-state index contributed by atoms with van der Waals surface area (Å²) in [7, 11) is 0. The molecule has 2 atom stereocenters. The van der Waals surface area contributed by atoms with Crippen molar-refractivity contribution in [2.45, 2.75) is 13.3 Å². The van der Waals surface area contributed by atoms with Gasteiger partial charge in [0.15, 0.2) is 12.4 Å². The second-order valence-corrected chi connectivity index (χ2v) is 5.57. The van der Waals surface area contributed by atoms with Crippen LogP contribution in [0.4, 0.5) is 14.5 Å². The molecule has 20 heavy (non-hydrogen) atoms. The Bertz CT molecular complexity index is 542. The summed E-state index contributed by atoms with van der Waals surface area (Å²) in [6.07, 6.45) is 0.762. The van der Waals surface area contributed by atoms with E-state index in [9.17, 15) is 18.4 Å². The zero-order valence-corrected chi connectivity index (χ0v) is 12.2. The van der Waals surface area contributed by atoms with Crippen LogP contribution >= 0.6 is 15.9 Å². The molecule has 1 aliphatic rings. The minimum absolute atomic E-state index is 0.0745. The first-order chi connectivity index (χ1) is 9.38. The number of carbonyl (C=O) groups is 2. The van der Waals surface area contributed by atoms with Gasteiger partial charge in [0.2, 0.25) is 0 Å². The van der Waals surface area contributed by atoms with Gasteiger partial charge in [-0.25, -0.2) is 8.78 Å². The van der Waals surface area contributed by atoms with Crippen molar-refractivity contribution < 1.29 is 23.1 Å². The number of hydrogen-bond donors (Lipinski definition) is 1. The average molecular weight is 348 g/mol. The molecule has 1 N–H and O–H groups in total. The fourth-order valence-electron chi connectivity index (χ4n) is 1.73. The Morgan fingerprint density at radius 3 is 2.65 bits per heavy atom. The summed E-state index contributed by atoms with van der Waals surface area (Å²) in [5.74, 6) is -2.63. The highest BCUT2D eigenvalue weighted by molar-refractivity contribution is 9.10. The van der Waals surface area contributed by atoms with Crippen LogP contribution in [0.5, 0.6) is 0 Å². The lowest BCUT2D eigenvalue weighted by molar-refractivity contribution is -0.148. The zero-order chi connectivity index (χ0) is 14.9. The van der Waals surface area contributed by atoms with E-state index in [4.69, 9.17) is 4.74 Å². The summed E-state index contributed by atoms with van der Waals surface area (Å²) >= 11 is 2.95. The SMILES string of the molecule is C[C@@H]1C[C@@H]1C(=O)OCC(=O)Nc1c(F)cc(F)cc1Br. The van der Waals surface area contributed by atoms with Gasteiger partial charge in [-0.3, -0.25) is 9.59 Å². The average Bonchev–Trinajstić information content (AvgIpc) is 3.08. The third kappa shape index (κ3) is 3.53. The fourth-order valence-corrected chi connectivity index (χ4v) is 2.24. The maximum absolute atomic E-state index is 13.5. The van der Waals surface area contributed by atoms with Gasteiger partial charge in [0.05, 0.1) is 11.6 Å². The monoisotopic (exact) mass is 347 g/mol. The Balaban J connectivity index is 1.90. The summed E-state index contributed by atoms with van der Waals surface area (Å²) in [5.41, 5.74) is -0.188. The number of benzene rings is 1. The number of hydrogen-bond acceptors (Lipinski definition) is 3. The molecular weight excluding hydrogens is 336 g/mol. The van der Waals surface area contributed by atoms with E-state index in [1.165, 1.54) is 0 Å². The van der Waals surface area contributed by atoms with Crippen LogP contribution in [0.3, 0.4) is 0 Å². The topological polar surface area (TPSA) is 55.4 Å². The minimum atomic E-state index is -0.910. The van der Waals surface area contributed by atoms with Gasteiger partial charge in [-0.15, -0.1) is 0 Å². The first-order valence-corrected chi connectivity index (χ1v) is 6.79. The van der Waals surface area contributed by atoms with Gasteiger partial charge in [-0.2, -0.15) is 0 Å². The quantitative estimate of drug-likeness (QED) is 0.852. The number of carbonyl (C=O) groups excluding carboxylic acids is 2. The molecule has 1 amide bonds. The zero-order valence-electron chi connectivity index (χ0n) is 10.6. The molecule has 7 heteroatoms. The van der Waals surface area contributed by atoms with Crippen molar-refractivity contribution in [3.05, 3.63) is 28.2 Å². The van der Waals surface area contributed by atoms with E-state index in [0.29, 0.717) is 6.07 Å².